The molecule has 0 radical (unpaired) electrons. The Labute approximate surface area is 116 Å². The number of amides is 2. The average Bonchev–Trinajstić information content (AvgIpc) is 2.37. The van der Waals surface area contributed by atoms with Gasteiger partial charge in [0.15, 0.2) is 0 Å². The van der Waals surface area contributed by atoms with Crippen LogP contribution in [-0.2, 0) is 15.5 Å². The predicted octanol–water partition coefficient (Wildman–Crippen LogP) is 2.00. The monoisotopic (exact) mass is 310 g/mol. The molecule has 4 nitrogen and oxygen atoms in total. The van der Waals surface area contributed by atoms with Crippen LogP contribution < -0.4 is 11.1 Å². The standard InChI is InChI=1S/C12H11F5N2O2/c1-6(19-10(21)9(18)20)7-2-4-8(5-3-7)11(13,14)12(15,16)17/h2-6H,1H3,(H2,18,20)(H,19,21)/t6-/m1/s1. The van der Waals surface area contributed by atoms with Gasteiger partial charge in [0.1, 0.15) is 0 Å². The Morgan fingerprint density at radius 2 is 1.57 bits per heavy atom. The number of nitrogens with one attached hydrogen (secondary N) is 1. The molecule has 21 heavy (non-hydrogen) atoms. The SMILES string of the molecule is C[C@@H](NC(=O)C(N)=O)c1ccc(C(F)(F)C(F)(F)F)cc1. The van der Waals surface area contributed by atoms with Gasteiger partial charge in [-0.1, -0.05) is 24.3 Å². The summed E-state index contributed by atoms with van der Waals surface area (Å²) < 4.78 is 62.7. The summed E-state index contributed by atoms with van der Waals surface area (Å²) in [6, 6.07) is 2.44. The molecule has 0 fully saturated rings. The molecule has 116 valence electrons. The topological polar surface area (TPSA) is 72.2 Å². The van der Waals surface area contributed by atoms with Gasteiger partial charge in [0.05, 0.1) is 6.04 Å². The van der Waals surface area contributed by atoms with Gasteiger partial charge in [0.25, 0.3) is 0 Å². The second-order valence-electron chi connectivity index (χ2n) is 4.25. The first-order valence-electron chi connectivity index (χ1n) is 5.62. The summed E-state index contributed by atoms with van der Waals surface area (Å²) in [6.45, 7) is 1.41. The lowest BCUT2D eigenvalue weighted by atomic mass is 10.0. The molecule has 0 aliphatic heterocycles. The van der Waals surface area contributed by atoms with Crippen LogP contribution in [0.3, 0.4) is 0 Å². The first-order valence-corrected chi connectivity index (χ1v) is 5.62. The third-order valence-corrected chi connectivity index (χ3v) is 2.70. The van der Waals surface area contributed by atoms with E-state index in [0.717, 1.165) is 12.1 Å². The zero-order chi connectivity index (χ0) is 16.4. The van der Waals surface area contributed by atoms with Gasteiger partial charge in [-0.15, -0.1) is 0 Å². The van der Waals surface area contributed by atoms with Gasteiger partial charge >= 0.3 is 23.9 Å². The Morgan fingerprint density at radius 3 is 1.95 bits per heavy atom. The minimum atomic E-state index is -5.69. The summed E-state index contributed by atoms with van der Waals surface area (Å²) in [6.07, 6.45) is -5.69. The van der Waals surface area contributed by atoms with Crippen LogP contribution in [0.2, 0.25) is 0 Å². The molecule has 0 unspecified atom stereocenters. The largest absolute Gasteiger partial charge is 0.458 e. The summed E-state index contributed by atoms with van der Waals surface area (Å²) in [5.41, 5.74) is 3.74. The van der Waals surface area contributed by atoms with Crippen LogP contribution in [0.4, 0.5) is 22.0 Å². The molecule has 0 saturated heterocycles. The number of rotatable bonds is 3. The van der Waals surface area contributed by atoms with E-state index in [1.165, 1.54) is 6.92 Å². The second kappa shape index (κ2) is 5.66. The Kier molecular flexibility index (Phi) is 4.55. The van der Waals surface area contributed by atoms with Gasteiger partial charge in [-0.25, -0.2) is 0 Å². The van der Waals surface area contributed by atoms with Crippen molar-refractivity contribution in [2.24, 2.45) is 5.73 Å². The van der Waals surface area contributed by atoms with E-state index < -0.39 is 35.5 Å². The number of carbonyl (C=O) groups excluding carboxylic acids is 2. The minimum absolute atomic E-state index is 0.242. The number of halogens is 5. The highest BCUT2D eigenvalue weighted by Gasteiger charge is 2.58. The molecule has 0 bridgehead atoms. The molecule has 0 aliphatic rings. The molecular formula is C12H11F5N2O2. The van der Waals surface area contributed by atoms with E-state index in [4.69, 9.17) is 5.73 Å². The molecule has 0 spiro atoms. The van der Waals surface area contributed by atoms with E-state index in [1.54, 1.807) is 0 Å². The quantitative estimate of drug-likeness (QED) is 0.662. The average molecular weight is 310 g/mol. The number of nitrogens with two attached hydrogens (primary N) is 1. The number of carbonyl (C=O) groups is 2. The summed E-state index contributed by atoms with van der Waals surface area (Å²) in [7, 11) is 0. The lowest BCUT2D eigenvalue weighted by Gasteiger charge is -2.20. The van der Waals surface area contributed by atoms with Crippen molar-refractivity contribution >= 4 is 11.8 Å². The normalized spacial score (nSPS) is 13.6. The van der Waals surface area contributed by atoms with Crippen LogP contribution in [0.25, 0.3) is 0 Å². The maximum absolute atomic E-state index is 13.1. The van der Waals surface area contributed by atoms with Crippen LogP contribution >= 0.6 is 0 Å². The van der Waals surface area contributed by atoms with E-state index in [1.807, 2.05) is 0 Å². The molecule has 0 saturated carbocycles. The number of hydrogen-bond acceptors (Lipinski definition) is 2. The molecule has 2 amide bonds. The van der Waals surface area contributed by atoms with Gasteiger partial charge in [-0.3, -0.25) is 9.59 Å². The maximum atomic E-state index is 13.1. The highest BCUT2D eigenvalue weighted by molar-refractivity contribution is 6.34. The fourth-order valence-electron chi connectivity index (χ4n) is 1.50. The number of benzene rings is 1. The first-order chi connectivity index (χ1) is 9.46. The molecule has 1 rings (SSSR count). The van der Waals surface area contributed by atoms with Gasteiger partial charge in [0, 0.05) is 5.56 Å². The second-order valence-corrected chi connectivity index (χ2v) is 4.25. The lowest BCUT2D eigenvalue weighted by Crippen LogP contribution is -2.37. The van der Waals surface area contributed by atoms with E-state index in [-0.39, 0.29) is 5.56 Å². The zero-order valence-electron chi connectivity index (χ0n) is 10.7. The number of primary amides is 1. The molecule has 3 N–H and O–H groups in total. The van der Waals surface area contributed by atoms with Crippen molar-refractivity contribution < 1.29 is 31.5 Å². The summed E-state index contributed by atoms with van der Waals surface area (Å²) >= 11 is 0. The molecule has 9 heteroatoms. The van der Waals surface area contributed by atoms with Crippen LogP contribution in [0, 0.1) is 0 Å². The van der Waals surface area contributed by atoms with E-state index in [0.29, 0.717) is 12.1 Å². The minimum Gasteiger partial charge on any atom is -0.361 e. The maximum Gasteiger partial charge on any atom is 0.458 e. The Morgan fingerprint density at radius 1 is 1.10 bits per heavy atom. The van der Waals surface area contributed by atoms with Crippen molar-refractivity contribution in [3.63, 3.8) is 0 Å². The third kappa shape index (κ3) is 3.67. The molecule has 0 aromatic heterocycles. The summed E-state index contributed by atoms with van der Waals surface area (Å²) in [5.74, 6) is -7.29. The highest BCUT2D eigenvalue weighted by atomic mass is 19.4. The van der Waals surface area contributed by atoms with Crippen LogP contribution in [0.15, 0.2) is 24.3 Å². The highest BCUT2D eigenvalue weighted by Crippen LogP contribution is 2.43. The summed E-state index contributed by atoms with van der Waals surface area (Å²) in [4.78, 5) is 21.6. The van der Waals surface area contributed by atoms with Crippen molar-refractivity contribution in [1.82, 2.24) is 5.32 Å². The third-order valence-electron chi connectivity index (χ3n) is 2.70. The molecule has 1 atom stereocenters. The van der Waals surface area contributed by atoms with Gasteiger partial charge in [-0.05, 0) is 12.5 Å². The van der Waals surface area contributed by atoms with E-state index >= 15 is 0 Å². The van der Waals surface area contributed by atoms with Gasteiger partial charge in [-0.2, -0.15) is 22.0 Å². The number of alkyl halides is 5. The Balaban J connectivity index is 2.93. The fraction of sp³-hybridized carbons (Fsp3) is 0.333. The summed E-state index contributed by atoms with van der Waals surface area (Å²) in [5, 5.41) is 2.16. The molecular weight excluding hydrogens is 299 g/mol. The van der Waals surface area contributed by atoms with Crippen LogP contribution in [-0.4, -0.2) is 18.0 Å². The first kappa shape index (κ1) is 16.9. The van der Waals surface area contributed by atoms with Crippen molar-refractivity contribution in [3.8, 4) is 0 Å². The van der Waals surface area contributed by atoms with Crippen molar-refractivity contribution in [2.45, 2.75) is 25.1 Å². The predicted molar refractivity (Wildman–Crippen MR) is 62.1 cm³/mol. The lowest BCUT2D eigenvalue weighted by molar-refractivity contribution is -0.289. The fourth-order valence-corrected chi connectivity index (χ4v) is 1.50. The van der Waals surface area contributed by atoms with Crippen molar-refractivity contribution in [1.29, 1.82) is 0 Å². The zero-order valence-corrected chi connectivity index (χ0v) is 10.7. The molecule has 0 aliphatic carbocycles. The van der Waals surface area contributed by atoms with Gasteiger partial charge < -0.3 is 11.1 Å². The smallest absolute Gasteiger partial charge is 0.361 e. The van der Waals surface area contributed by atoms with Gasteiger partial charge in [0.2, 0.25) is 0 Å². The van der Waals surface area contributed by atoms with Crippen LogP contribution in [0.5, 0.6) is 0 Å². The van der Waals surface area contributed by atoms with E-state index in [9.17, 15) is 31.5 Å². The van der Waals surface area contributed by atoms with E-state index in [2.05, 4.69) is 5.32 Å². The Bertz CT molecular complexity index is 540. The molecule has 0 heterocycles. The molecule has 1 aromatic rings. The molecule has 1 aromatic carbocycles. The Hall–Kier alpha value is -2.19. The van der Waals surface area contributed by atoms with Crippen LogP contribution in [0.1, 0.15) is 24.1 Å². The van der Waals surface area contributed by atoms with Crippen molar-refractivity contribution in [2.75, 3.05) is 0 Å². The number of hydrogen-bond donors (Lipinski definition) is 2. The van der Waals surface area contributed by atoms with Crippen molar-refractivity contribution in [3.05, 3.63) is 35.4 Å².